The van der Waals surface area contributed by atoms with Gasteiger partial charge >= 0.3 is 11.5 Å². The summed E-state index contributed by atoms with van der Waals surface area (Å²) in [5.74, 6) is 0.487. The number of rotatable bonds is 5. The molecule has 2 heterocycles. The number of hydrogen-bond donors (Lipinski definition) is 0. The van der Waals surface area contributed by atoms with Gasteiger partial charge in [-0.15, -0.1) is 0 Å². The van der Waals surface area contributed by atoms with Crippen molar-refractivity contribution in [1.29, 1.82) is 0 Å². The zero-order chi connectivity index (χ0) is 26.1. The molecule has 0 bridgehead atoms. The average Bonchev–Trinajstić information content (AvgIpc) is 3.00. The molecule has 0 N–H and O–H groups in total. The van der Waals surface area contributed by atoms with Gasteiger partial charge in [0.15, 0.2) is 5.75 Å². The number of alkyl halides is 3. The van der Waals surface area contributed by atoms with E-state index in [1.54, 1.807) is 38.1 Å². The van der Waals surface area contributed by atoms with Crippen molar-refractivity contribution in [3.05, 3.63) is 48.0 Å². The molecule has 2 aromatic carbocycles. The fourth-order valence-electron chi connectivity index (χ4n) is 3.87. The van der Waals surface area contributed by atoms with Crippen LogP contribution in [-0.2, 0) is 19.4 Å². The van der Waals surface area contributed by atoms with E-state index in [9.17, 15) is 26.4 Å². The standard InChI is InChI=1S/C24H26F3N3O5S/c1-16(2)23(31)34-14-13-29-9-11-30(12-10-29)22-18-15-17(36(32,33)24(25,26)27)7-8-20(18)35-21-6-4-3-5-19(21)28-22/h3-8,15-16H,9-14H2,1-2H3. The van der Waals surface area contributed by atoms with E-state index in [0.717, 1.165) is 12.1 Å². The molecule has 0 aromatic heterocycles. The second-order valence-electron chi connectivity index (χ2n) is 8.76. The van der Waals surface area contributed by atoms with Gasteiger partial charge in [0, 0.05) is 32.7 Å². The average molecular weight is 526 g/mol. The SMILES string of the molecule is CC(C)C(=O)OCCN1CCN(C2=Nc3ccccc3Oc3ccc(S(=O)(=O)C(F)(F)F)cc32)CC1. The molecule has 1 fully saturated rings. The first-order valence-corrected chi connectivity index (χ1v) is 12.9. The number of benzene rings is 2. The molecule has 2 aliphatic rings. The molecule has 0 unspecified atom stereocenters. The Morgan fingerprint density at radius 1 is 1.08 bits per heavy atom. The Kier molecular flexibility index (Phi) is 7.28. The number of piperazine rings is 1. The number of sulfone groups is 1. The summed E-state index contributed by atoms with van der Waals surface area (Å²) in [6.45, 7) is 6.49. The van der Waals surface area contributed by atoms with E-state index >= 15 is 0 Å². The molecule has 2 aliphatic heterocycles. The van der Waals surface area contributed by atoms with E-state index < -0.39 is 20.2 Å². The van der Waals surface area contributed by atoms with Gasteiger partial charge < -0.3 is 14.4 Å². The van der Waals surface area contributed by atoms with Gasteiger partial charge in [-0.05, 0) is 30.3 Å². The zero-order valence-corrected chi connectivity index (χ0v) is 20.6. The van der Waals surface area contributed by atoms with Crippen LogP contribution in [0.5, 0.6) is 11.5 Å². The van der Waals surface area contributed by atoms with Crippen LogP contribution < -0.4 is 4.74 Å². The van der Waals surface area contributed by atoms with Gasteiger partial charge in [0.2, 0.25) is 0 Å². The maximum absolute atomic E-state index is 13.2. The van der Waals surface area contributed by atoms with Gasteiger partial charge in [-0.2, -0.15) is 13.2 Å². The molecule has 0 amide bonds. The predicted octanol–water partition coefficient (Wildman–Crippen LogP) is 3.98. The normalized spacial score (nSPS) is 16.5. The zero-order valence-electron chi connectivity index (χ0n) is 19.8. The van der Waals surface area contributed by atoms with Crippen molar-refractivity contribution >= 4 is 27.3 Å². The van der Waals surface area contributed by atoms with E-state index in [2.05, 4.69) is 9.89 Å². The Balaban J connectivity index is 1.60. The Hall–Kier alpha value is -3.12. The molecule has 2 aromatic rings. The van der Waals surface area contributed by atoms with E-state index in [-0.39, 0.29) is 29.8 Å². The molecular weight excluding hydrogens is 499 g/mol. The molecule has 194 valence electrons. The van der Waals surface area contributed by atoms with Crippen molar-refractivity contribution in [3.63, 3.8) is 0 Å². The lowest BCUT2D eigenvalue weighted by Crippen LogP contribution is -2.49. The van der Waals surface area contributed by atoms with Gasteiger partial charge in [0.1, 0.15) is 23.9 Å². The smallest absolute Gasteiger partial charge is 0.464 e. The largest absolute Gasteiger partial charge is 0.501 e. The molecule has 4 rings (SSSR count). The van der Waals surface area contributed by atoms with E-state index in [0.29, 0.717) is 50.0 Å². The van der Waals surface area contributed by atoms with Gasteiger partial charge in [-0.1, -0.05) is 26.0 Å². The maximum Gasteiger partial charge on any atom is 0.501 e. The molecule has 0 atom stereocenters. The first-order valence-electron chi connectivity index (χ1n) is 11.4. The second-order valence-corrected chi connectivity index (χ2v) is 10.7. The third-order valence-corrected chi connectivity index (χ3v) is 7.40. The number of nitrogens with zero attached hydrogens (tertiary/aromatic N) is 3. The van der Waals surface area contributed by atoms with Gasteiger partial charge in [0.25, 0.3) is 9.84 Å². The number of amidine groups is 1. The summed E-state index contributed by atoms with van der Waals surface area (Å²) in [6.07, 6.45) is 0. The molecular formula is C24H26F3N3O5S. The quantitative estimate of drug-likeness (QED) is 0.546. The minimum absolute atomic E-state index is 0.163. The number of para-hydroxylation sites is 2. The maximum atomic E-state index is 13.2. The Morgan fingerprint density at radius 2 is 1.78 bits per heavy atom. The summed E-state index contributed by atoms with van der Waals surface area (Å²) in [6, 6.07) is 9.99. The van der Waals surface area contributed by atoms with Crippen molar-refractivity contribution in [3.8, 4) is 11.5 Å². The van der Waals surface area contributed by atoms with E-state index in [1.165, 1.54) is 6.07 Å². The first kappa shape index (κ1) is 26.0. The molecule has 0 saturated carbocycles. The van der Waals surface area contributed by atoms with Crippen LogP contribution in [0.3, 0.4) is 0 Å². The summed E-state index contributed by atoms with van der Waals surface area (Å²) in [4.78, 5) is 19.5. The van der Waals surface area contributed by atoms with Crippen LogP contribution in [0.15, 0.2) is 52.4 Å². The highest BCUT2D eigenvalue weighted by molar-refractivity contribution is 7.92. The summed E-state index contributed by atoms with van der Waals surface area (Å²) < 4.78 is 75.1. The molecule has 0 aliphatic carbocycles. The van der Waals surface area contributed by atoms with Gasteiger partial charge in [-0.25, -0.2) is 13.4 Å². The molecule has 12 heteroatoms. The third-order valence-electron chi connectivity index (χ3n) is 5.91. The van der Waals surface area contributed by atoms with E-state index in [1.807, 2.05) is 4.90 Å². The Labute approximate surface area is 207 Å². The van der Waals surface area contributed by atoms with Crippen LogP contribution in [0.25, 0.3) is 0 Å². The summed E-state index contributed by atoms with van der Waals surface area (Å²) >= 11 is 0. The fourth-order valence-corrected chi connectivity index (χ4v) is 4.66. The highest BCUT2D eigenvalue weighted by Gasteiger charge is 2.47. The molecule has 8 nitrogen and oxygen atoms in total. The minimum atomic E-state index is -5.55. The highest BCUT2D eigenvalue weighted by atomic mass is 32.2. The van der Waals surface area contributed by atoms with Crippen molar-refractivity contribution in [1.82, 2.24) is 9.80 Å². The predicted molar refractivity (Wildman–Crippen MR) is 126 cm³/mol. The Morgan fingerprint density at radius 3 is 2.44 bits per heavy atom. The van der Waals surface area contributed by atoms with Crippen molar-refractivity contribution < 1.29 is 35.9 Å². The topological polar surface area (TPSA) is 88.5 Å². The van der Waals surface area contributed by atoms with Crippen LogP contribution >= 0.6 is 0 Å². The van der Waals surface area contributed by atoms with Crippen LogP contribution in [0.1, 0.15) is 19.4 Å². The van der Waals surface area contributed by atoms with Crippen molar-refractivity contribution in [2.45, 2.75) is 24.3 Å². The highest BCUT2D eigenvalue weighted by Crippen LogP contribution is 2.40. The number of halogens is 3. The van der Waals surface area contributed by atoms with Crippen molar-refractivity contribution in [2.24, 2.45) is 10.9 Å². The number of carbonyl (C=O) groups is 1. The van der Waals surface area contributed by atoms with Crippen LogP contribution in [-0.4, -0.2) is 74.9 Å². The van der Waals surface area contributed by atoms with Crippen LogP contribution in [0.4, 0.5) is 18.9 Å². The summed E-state index contributed by atoms with van der Waals surface area (Å²) in [5.41, 5.74) is -4.79. The number of aliphatic imine (C=N–C) groups is 1. The summed E-state index contributed by atoms with van der Waals surface area (Å²) in [5, 5.41) is 0. The third kappa shape index (κ3) is 5.34. The van der Waals surface area contributed by atoms with Crippen molar-refractivity contribution in [2.75, 3.05) is 39.3 Å². The molecule has 36 heavy (non-hydrogen) atoms. The second kappa shape index (κ2) is 10.1. The monoisotopic (exact) mass is 525 g/mol. The molecule has 0 spiro atoms. The fraction of sp³-hybridized carbons (Fsp3) is 0.417. The Bertz CT molecular complexity index is 1270. The van der Waals surface area contributed by atoms with Gasteiger partial charge in [-0.3, -0.25) is 9.69 Å². The lowest BCUT2D eigenvalue weighted by Gasteiger charge is -2.36. The first-order chi connectivity index (χ1) is 17.0. The number of esters is 1. The van der Waals surface area contributed by atoms with Gasteiger partial charge in [0.05, 0.1) is 16.4 Å². The number of carbonyl (C=O) groups excluding carboxylic acids is 1. The lowest BCUT2D eigenvalue weighted by atomic mass is 10.1. The number of ether oxygens (including phenoxy) is 2. The molecule has 1 saturated heterocycles. The molecule has 0 radical (unpaired) electrons. The van der Waals surface area contributed by atoms with Crippen LogP contribution in [0.2, 0.25) is 0 Å². The minimum Gasteiger partial charge on any atom is -0.464 e. The number of fused-ring (bicyclic) bond motifs is 2. The number of hydrogen-bond acceptors (Lipinski definition) is 8. The van der Waals surface area contributed by atoms with Crippen LogP contribution in [0, 0.1) is 5.92 Å². The van der Waals surface area contributed by atoms with E-state index in [4.69, 9.17) is 9.47 Å². The summed E-state index contributed by atoms with van der Waals surface area (Å²) in [7, 11) is -5.55. The lowest BCUT2D eigenvalue weighted by molar-refractivity contribution is -0.147.